The molecule has 1 fully saturated rings. The number of rotatable bonds is 5. The summed E-state index contributed by atoms with van der Waals surface area (Å²) in [4.78, 5) is 14.5. The van der Waals surface area contributed by atoms with Gasteiger partial charge in [-0.3, -0.25) is 9.48 Å². The minimum Gasteiger partial charge on any atom is -0.334 e. The van der Waals surface area contributed by atoms with E-state index in [9.17, 15) is 13.6 Å². The van der Waals surface area contributed by atoms with E-state index in [-0.39, 0.29) is 11.5 Å². The van der Waals surface area contributed by atoms with Gasteiger partial charge in [0.2, 0.25) is 0 Å². The average Bonchev–Trinajstić information content (AvgIpc) is 3.32. The molecule has 0 aliphatic heterocycles. The first-order valence-corrected chi connectivity index (χ1v) is 8.10. The van der Waals surface area contributed by atoms with Gasteiger partial charge in [0.1, 0.15) is 0 Å². The Bertz CT molecular complexity index is 781. The van der Waals surface area contributed by atoms with Crippen LogP contribution < -0.4 is 0 Å². The van der Waals surface area contributed by atoms with Crippen LogP contribution in [-0.4, -0.2) is 27.1 Å². The van der Waals surface area contributed by atoms with E-state index < -0.39 is 11.6 Å². The Morgan fingerprint density at radius 2 is 2.00 bits per heavy atom. The number of aryl methyl sites for hydroxylation is 2. The van der Waals surface area contributed by atoms with Crippen LogP contribution in [-0.2, 0) is 13.6 Å². The van der Waals surface area contributed by atoms with Gasteiger partial charge in [0.15, 0.2) is 11.6 Å². The molecule has 128 valence electrons. The van der Waals surface area contributed by atoms with E-state index in [1.54, 1.807) is 9.58 Å². The highest BCUT2D eigenvalue weighted by Gasteiger charge is 2.29. The smallest absolute Gasteiger partial charge is 0.254 e. The number of nitrogens with zero attached hydrogens (tertiary/aromatic N) is 3. The van der Waals surface area contributed by atoms with Crippen molar-refractivity contribution in [3.63, 3.8) is 0 Å². The molecule has 1 aliphatic rings. The minimum absolute atomic E-state index is 0.175. The van der Waals surface area contributed by atoms with Crippen molar-refractivity contribution in [1.82, 2.24) is 14.7 Å². The van der Waals surface area contributed by atoms with E-state index in [0.717, 1.165) is 41.9 Å². The Morgan fingerprint density at radius 1 is 1.29 bits per heavy atom. The van der Waals surface area contributed by atoms with Crippen molar-refractivity contribution in [2.24, 2.45) is 13.0 Å². The Kier molecular flexibility index (Phi) is 4.39. The van der Waals surface area contributed by atoms with E-state index in [1.807, 2.05) is 20.9 Å². The van der Waals surface area contributed by atoms with Crippen LogP contribution in [0.5, 0.6) is 0 Å². The van der Waals surface area contributed by atoms with Gasteiger partial charge in [-0.05, 0) is 50.8 Å². The lowest BCUT2D eigenvalue weighted by atomic mass is 10.1. The molecule has 0 N–H and O–H groups in total. The third kappa shape index (κ3) is 3.32. The van der Waals surface area contributed by atoms with Crippen molar-refractivity contribution in [1.29, 1.82) is 0 Å². The zero-order chi connectivity index (χ0) is 17.4. The van der Waals surface area contributed by atoms with Crippen LogP contribution in [0.1, 0.15) is 40.2 Å². The fourth-order valence-electron chi connectivity index (χ4n) is 2.88. The molecule has 1 heterocycles. The molecule has 0 unspecified atom stereocenters. The van der Waals surface area contributed by atoms with Crippen LogP contribution in [0.2, 0.25) is 0 Å². The van der Waals surface area contributed by atoms with Crippen LogP contribution in [0, 0.1) is 31.4 Å². The second kappa shape index (κ2) is 6.34. The predicted octanol–water partition coefficient (Wildman–Crippen LogP) is 3.37. The molecular weight excluding hydrogens is 312 g/mol. The van der Waals surface area contributed by atoms with Gasteiger partial charge >= 0.3 is 0 Å². The topological polar surface area (TPSA) is 38.1 Å². The Morgan fingerprint density at radius 3 is 2.54 bits per heavy atom. The molecule has 1 saturated carbocycles. The van der Waals surface area contributed by atoms with Crippen molar-refractivity contribution < 1.29 is 13.6 Å². The van der Waals surface area contributed by atoms with Crippen LogP contribution in [0.15, 0.2) is 18.2 Å². The predicted molar refractivity (Wildman–Crippen MR) is 86.5 cm³/mol. The third-order valence-electron chi connectivity index (χ3n) is 4.64. The van der Waals surface area contributed by atoms with Crippen molar-refractivity contribution >= 4 is 5.91 Å². The summed E-state index contributed by atoms with van der Waals surface area (Å²) in [7, 11) is 1.87. The largest absolute Gasteiger partial charge is 0.334 e. The van der Waals surface area contributed by atoms with Gasteiger partial charge in [-0.1, -0.05) is 0 Å². The summed E-state index contributed by atoms with van der Waals surface area (Å²) >= 11 is 0. The van der Waals surface area contributed by atoms with Gasteiger partial charge in [-0.2, -0.15) is 5.10 Å². The summed E-state index contributed by atoms with van der Waals surface area (Å²) in [5, 5.41) is 4.39. The lowest BCUT2D eigenvalue weighted by Crippen LogP contribution is -2.33. The summed E-state index contributed by atoms with van der Waals surface area (Å²) in [6.45, 7) is 4.94. The maximum atomic E-state index is 13.5. The molecule has 0 saturated heterocycles. The molecule has 1 aromatic heterocycles. The van der Waals surface area contributed by atoms with Crippen molar-refractivity contribution in [2.45, 2.75) is 33.2 Å². The molecule has 1 aromatic carbocycles. The summed E-state index contributed by atoms with van der Waals surface area (Å²) in [5.74, 6) is -1.72. The third-order valence-corrected chi connectivity index (χ3v) is 4.64. The second-order valence-corrected chi connectivity index (χ2v) is 6.53. The zero-order valence-electron chi connectivity index (χ0n) is 14.1. The highest BCUT2D eigenvalue weighted by atomic mass is 19.2. The zero-order valence-corrected chi connectivity index (χ0v) is 14.1. The summed E-state index contributed by atoms with van der Waals surface area (Å²) in [6.07, 6.45) is 2.21. The number of benzene rings is 1. The fourth-order valence-corrected chi connectivity index (χ4v) is 2.88. The van der Waals surface area contributed by atoms with Gasteiger partial charge in [0.25, 0.3) is 5.91 Å². The molecule has 0 bridgehead atoms. The quantitative estimate of drug-likeness (QED) is 0.841. The normalized spacial score (nSPS) is 14.0. The van der Waals surface area contributed by atoms with Crippen LogP contribution in [0.4, 0.5) is 8.78 Å². The Balaban J connectivity index is 1.87. The van der Waals surface area contributed by atoms with Crippen LogP contribution >= 0.6 is 0 Å². The second-order valence-electron chi connectivity index (χ2n) is 6.53. The lowest BCUT2D eigenvalue weighted by Gasteiger charge is -2.23. The number of carbonyl (C=O) groups is 1. The maximum Gasteiger partial charge on any atom is 0.254 e. The molecule has 6 heteroatoms. The molecule has 4 nitrogen and oxygen atoms in total. The number of amides is 1. The maximum absolute atomic E-state index is 13.5. The Hall–Kier alpha value is -2.24. The van der Waals surface area contributed by atoms with Gasteiger partial charge in [0.05, 0.1) is 5.69 Å². The van der Waals surface area contributed by atoms with Gasteiger partial charge < -0.3 is 4.90 Å². The summed E-state index contributed by atoms with van der Waals surface area (Å²) in [5.41, 5.74) is 3.07. The van der Waals surface area contributed by atoms with Crippen molar-refractivity contribution in [2.75, 3.05) is 6.54 Å². The first-order chi connectivity index (χ1) is 11.4. The van der Waals surface area contributed by atoms with Crippen molar-refractivity contribution in [3.05, 3.63) is 52.3 Å². The van der Waals surface area contributed by atoms with Crippen LogP contribution in [0.25, 0.3) is 0 Å². The molecule has 0 atom stereocenters. The number of hydrogen-bond acceptors (Lipinski definition) is 2. The highest BCUT2D eigenvalue weighted by molar-refractivity contribution is 5.94. The van der Waals surface area contributed by atoms with Gasteiger partial charge in [-0.15, -0.1) is 0 Å². The van der Waals surface area contributed by atoms with Crippen LogP contribution in [0.3, 0.4) is 0 Å². The monoisotopic (exact) mass is 333 g/mol. The van der Waals surface area contributed by atoms with E-state index in [1.165, 1.54) is 6.07 Å². The summed E-state index contributed by atoms with van der Waals surface area (Å²) < 4.78 is 28.4. The molecular formula is C18H21F2N3O. The van der Waals surface area contributed by atoms with Gasteiger partial charge in [-0.25, -0.2) is 8.78 Å². The first kappa shape index (κ1) is 16.6. The standard InChI is InChI=1S/C18H21F2N3O/c1-11-15(12(2)22(3)21-11)10-23(9-13-4-5-13)18(24)14-6-7-16(19)17(20)8-14/h6-8,13H,4-5,9-10H2,1-3H3. The summed E-state index contributed by atoms with van der Waals surface area (Å²) in [6, 6.07) is 3.31. The number of carbonyl (C=O) groups excluding carboxylic acids is 1. The molecule has 3 rings (SSSR count). The van der Waals surface area contributed by atoms with Gasteiger partial charge in [0, 0.05) is 37.0 Å². The number of hydrogen-bond donors (Lipinski definition) is 0. The van der Waals surface area contributed by atoms with E-state index in [4.69, 9.17) is 0 Å². The molecule has 1 amide bonds. The molecule has 0 spiro atoms. The van der Waals surface area contributed by atoms with E-state index in [0.29, 0.717) is 19.0 Å². The molecule has 24 heavy (non-hydrogen) atoms. The molecule has 0 radical (unpaired) electrons. The van der Waals surface area contributed by atoms with E-state index in [2.05, 4.69) is 5.10 Å². The Labute approximate surface area is 140 Å². The molecule has 2 aromatic rings. The highest BCUT2D eigenvalue weighted by Crippen LogP contribution is 2.31. The van der Waals surface area contributed by atoms with E-state index >= 15 is 0 Å². The average molecular weight is 333 g/mol. The minimum atomic E-state index is -0.999. The fraction of sp³-hybridized carbons (Fsp3) is 0.444. The number of halogens is 2. The SMILES string of the molecule is Cc1nn(C)c(C)c1CN(CC1CC1)C(=O)c1ccc(F)c(F)c1. The van der Waals surface area contributed by atoms with Crippen molar-refractivity contribution in [3.8, 4) is 0 Å². The molecule has 1 aliphatic carbocycles. The first-order valence-electron chi connectivity index (χ1n) is 8.10. The number of aromatic nitrogens is 2. The lowest BCUT2D eigenvalue weighted by molar-refractivity contribution is 0.0733.